The minimum Gasteiger partial charge on any atom is -0.370 e. The third-order valence-electron chi connectivity index (χ3n) is 2.91. The van der Waals surface area contributed by atoms with Crippen molar-refractivity contribution < 1.29 is 13.2 Å². The van der Waals surface area contributed by atoms with E-state index in [1.807, 2.05) is 11.4 Å². The van der Waals surface area contributed by atoms with Gasteiger partial charge in [-0.05, 0) is 51.1 Å². The first-order chi connectivity index (χ1) is 9.81. The van der Waals surface area contributed by atoms with E-state index in [0.29, 0.717) is 12.2 Å². The van der Waals surface area contributed by atoms with Crippen molar-refractivity contribution in [1.82, 2.24) is 0 Å². The Kier molecular flexibility index (Phi) is 4.59. The fourth-order valence-corrected chi connectivity index (χ4v) is 3.10. The van der Waals surface area contributed by atoms with Crippen LogP contribution in [0.4, 0.5) is 18.9 Å². The number of thiophene rings is 1. The Morgan fingerprint density at radius 3 is 2.57 bits per heavy atom. The molecule has 0 spiro atoms. The third-order valence-corrected chi connectivity index (χ3v) is 4.46. The third kappa shape index (κ3) is 3.77. The van der Waals surface area contributed by atoms with Gasteiger partial charge in [0.2, 0.25) is 0 Å². The Labute approximate surface area is 132 Å². The molecule has 0 aliphatic heterocycles. The maximum Gasteiger partial charge on any atom is 0.417 e. The summed E-state index contributed by atoms with van der Waals surface area (Å²) < 4.78 is 39.8. The predicted octanol–water partition coefficient (Wildman–Crippen LogP) is 5.04. The van der Waals surface area contributed by atoms with Gasteiger partial charge in [0, 0.05) is 19.3 Å². The Morgan fingerprint density at radius 2 is 2.05 bits per heavy atom. The molecule has 0 atom stereocenters. The standard InChI is InChI=1S/C14H10BrF3N2S/c1-20(7-9-4-13(15)21-8-9)11-3-2-10(6-19)12(5-11)14(16,17)18/h2-5,8H,7H2,1H3. The van der Waals surface area contributed by atoms with Crippen LogP contribution in [0.5, 0.6) is 0 Å². The van der Waals surface area contributed by atoms with Crippen LogP contribution in [0.2, 0.25) is 0 Å². The van der Waals surface area contributed by atoms with Gasteiger partial charge in [-0.2, -0.15) is 18.4 Å². The van der Waals surface area contributed by atoms with Crippen LogP contribution in [0.1, 0.15) is 16.7 Å². The molecule has 0 aliphatic rings. The van der Waals surface area contributed by atoms with Crippen molar-refractivity contribution in [3.05, 3.63) is 50.1 Å². The molecule has 2 rings (SSSR count). The second kappa shape index (κ2) is 6.08. The average molecular weight is 375 g/mol. The molecule has 0 aliphatic carbocycles. The Bertz CT molecular complexity index is 688. The molecule has 1 aromatic heterocycles. The molecule has 0 saturated heterocycles. The van der Waals surface area contributed by atoms with Crippen molar-refractivity contribution in [1.29, 1.82) is 5.26 Å². The molecule has 0 amide bonds. The van der Waals surface area contributed by atoms with Gasteiger partial charge in [-0.1, -0.05) is 0 Å². The summed E-state index contributed by atoms with van der Waals surface area (Å²) in [6.07, 6.45) is -4.53. The van der Waals surface area contributed by atoms with Crippen molar-refractivity contribution >= 4 is 33.0 Å². The molecular formula is C14H10BrF3N2S. The van der Waals surface area contributed by atoms with E-state index >= 15 is 0 Å². The molecular weight excluding hydrogens is 365 g/mol. The molecule has 0 fully saturated rings. The van der Waals surface area contributed by atoms with Crippen LogP contribution in [0.15, 0.2) is 33.4 Å². The molecule has 1 aromatic carbocycles. The molecule has 21 heavy (non-hydrogen) atoms. The Morgan fingerprint density at radius 1 is 1.33 bits per heavy atom. The zero-order chi connectivity index (χ0) is 15.6. The van der Waals surface area contributed by atoms with Crippen LogP contribution >= 0.6 is 27.3 Å². The fraction of sp³-hybridized carbons (Fsp3) is 0.214. The highest BCUT2D eigenvalue weighted by Gasteiger charge is 2.34. The number of hydrogen-bond acceptors (Lipinski definition) is 3. The van der Waals surface area contributed by atoms with Gasteiger partial charge in [-0.25, -0.2) is 0 Å². The lowest BCUT2D eigenvalue weighted by Gasteiger charge is -2.20. The highest BCUT2D eigenvalue weighted by molar-refractivity contribution is 9.11. The van der Waals surface area contributed by atoms with E-state index in [0.717, 1.165) is 15.4 Å². The maximum atomic E-state index is 12.9. The molecule has 2 aromatic rings. The lowest BCUT2D eigenvalue weighted by atomic mass is 10.1. The first-order valence-electron chi connectivity index (χ1n) is 5.86. The SMILES string of the molecule is CN(Cc1csc(Br)c1)c1ccc(C#N)c(C(F)(F)F)c1. The lowest BCUT2D eigenvalue weighted by Crippen LogP contribution is -2.17. The predicted molar refractivity (Wildman–Crippen MR) is 80.3 cm³/mol. The van der Waals surface area contributed by atoms with Crippen LogP contribution in [0.25, 0.3) is 0 Å². The van der Waals surface area contributed by atoms with Gasteiger partial charge in [-0.3, -0.25) is 0 Å². The van der Waals surface area contributed by atoms with E-state index < -0.39 is 11.7 Å². The van der Waals surface area contributed by atoms with Crippen LogP contribution in [-0.2, 0) is 12.7 Å². The molecule has 0 radical (unpaired) electrons. The van der Waals surface area contributed by atoms with E-state index in [2.05, 4.69) is 15.9 Å². The lowest BCUT2D eigenvalue weighted by molar-refractivity contribution is -0.137. The monoisotopic (exact) mass is 374 g/mol. The van der Waals surface area contributed by atoms with E-state index in [1.165, 1.54) is 23.5 Å². The molecule has 110 valence electrons. The number of benzene rings is 1. The van der Waals surface area contributed by atoms with Crippen molar-refractivity contribution in [3.63, 3.8) is 0 Å². The van der Waals surface area contributed by atoms with E-state index in [4.69, 9.17) is 5.26 Å². The molecule has 0 saturated carbocycles. The Hall–Kier alpha value is -1.52. The second-order valence-electron chi connectivity index (χ2n) is 4.45. The zero-order valence-corrected chi connectivity index (χ0v) is 13.3. The topological polar surface area (TPSA) is 27.0 Å². The van der Waals surface area contributed by atoms with Crippen LogP contribution in [0, 0.1) is 11.3 Å². The van der Waals surface area contributed by atoms with E-state index in [9.17, 15) is 13.2 Å². The number of rotatable bonds is 3. The largest absolute Gasteiger partial charge is 0.417 e. The number of halogens is 4. The van der Waals surface area contributed by atoms with Gasteiger partial charge in [0.05, 0.1) is 21.0 Å². The summed E-state index contributed by atoms with van der Waals surface area (Å²) in [5.74, 6) is 0. The van der Waals surface area contributed by atoms with Gasteiger partial charge in [-0.15, -0.1) is 11.3 Å². The molecule has 1 heterocycles. The summed E-state index contributed by atoms with van der Waals surface area (Å²) >= 11 is 4.87. The van der Waals surface area contributed by atoms with Crippen LogP contribution < -0.4 is 4.90 Å². The molecule has 7 heteroatoms. The van der Waals surface area contributed by atoms with Crippen molar-refractivity contribution in [2.24, 2.45) is 0 Å². The zero-order valence-electron chi connectivity index (χ0n) is 10.9. The molecule has 2 nitrogen and oxygen atoms in total. The summed E-state index contributed by atoms with van der Waals surface area (Å²) in [7, 11) is 1.72. The summed E-state index contributed by atoms with van der Waals surface area (Å²) in [5, 5.41) is 10.7. The summed E-state index contributed by atoms with van der Waals surface area (Å²) in [5.41, 5.74) is 0.162. The first kappa shape index (κ1) is 15.9. The maximum absolute atomic E-state index is 12.9. The number of hydrogen-bond donors (Lipinski definition) is 0. The normalized spacial score (nSPS) is 11.2. The smallest absolute Gasteiger partial charge is 0.370 e. The van der Waals surface area contributed by atoms with E-state index in [1.54, 1.807) is 18.0 Å². The highest BCUT2D eigenvalue weighted by atomic mass is 79.9. The quantitative estimate of drug-likeness (QED) is 0.752. The van der Waals surface area contributed by atoms with Gasteiger partial charge < -0.3 is 4.90 Å². The number of anilines is 1. The summed E-state index contributed by atoms with van der Waals surface area (Å²) in [4.78, 5) is 1.71. The highest BCUT2D eigenvalue weighted by Crippen LogP contribution is 2.34. The minimum atomic E-state index is -4.53. The molecule has 0 N–H and O–H groups in total. The number of nitriles is 1. The molecule has 0 unspecified atom stereocenters. The van der Waals surface area contributed by atoms with Crippen LogP contribution in [0.3, 0.4) is 0 Å². The van der Waals surface area contributed by atoms with Gasteiger partial charge in [0.1, 0.15) is 0 Å². The summed E-state index contributed by atoms with van der Waals surface area (Å²) in [6.45, 7) is 0.491. The minimum absolute atomic E-state index is 0.363. The number of alkyl halides is 3. The molecule has 0 bridgehead atoms. The van der Waals surface area contributed by atoms with Crippen molar-refractivity contribution in [3.8, 4) is 6.07 Å². The van der Waals surface area contributed by atoms with Crippen LogP contribution in [-0.4, -0.2) is 7.05 Å². The van der Waals surface area contributed by atoms with Gasteiger partial charge in [0.25, 0.3) is 0 Å². The summed E-state index contributed by atoms with van der Waals surface area (Å²) in [6, 6.07) is 7.25. The van der Waals surface area contributed by atoms with Gasteiger partial charge >= 0.3 is 6.18 Å². The second-order valence-corrected chi connectivity index (χ2v) is 6.75. The Balaban J connectivity index is 2.30. The fourth-order valence-electron chi connectivity index (χ4n) is 1.90. The average Bonchev–Trinajstić information content (AvgIpc) is 2.82. The number of nitrogens with zero attached hydrogens (tertiary/aromatic N) is 2. The van der Waals surface area contributed by atoms with Crippen molar-refractivity contribution in [2.45, 2.75) is 12.7 Å². The van der Waals surface area contributed by atoms with Crippen molar-refractivity contribution in [2.75, 3.05) is 11.9 Å². The van der Waals surface area contributed by atoms with Gasteiger partial charge in [0.15, 0.2) is 0 Å². The first-order valence-corrected chi connectivity index (χ1v) is 7.54. The van der Waals surface area contributed by atoms with E-state index in [-0.39, 0.29) is 5.56 Å².